The summed E-state index contributed by atoms with van der Waals surface area (Å²) in [6.07, 6.45) is 2.18. The van der Waals surface area contributed by atoms with Crippen molar-refractivity contribution < 1.29 is 19.8 Å². The van der Waals surface area contributed by atoms with E-state index in [0.29, 0.717) is 6.42 Å². The maximum absolute atomic E-state index is 11.1. The Hall–Kier alpha value is -1.68. The molecular formula is C12H12O4. The minimum absolute atomic E-state index is 0.166. The molecule has 1 saturated carbocycles. The highest BCUT2D eigenvalue weighted by Gasteiger charge is 2.40. The number of benzene rings is 1. The van der Waals surface area contributed by atoms with Crippen molar-refractivity contribution in [1.29, 1.82) is 0 Å². The van der Waals surface area contributed by atoms with Gasteiger partial charge in [0.15, 0.2) is 0 Å². The van der Waals surface area contributed by atoms with Crippen molar-refractivity contribution >= 4 is 11.8 Å². The molecule has 84 valence electrons. The average Bonchev–Trinajstić information content (AvgIpc) is 2.96. The lowest BCUT2D eigenvalue weighted by Gasteiger charge is -2.07. The first-order valence-corrected chi connectivity index (χ1v) is 5.09. The minimum atomic E-state index is -1.45. The topological polar surface area (TPSA) is 74.6 Å². The third kappa shape index (κ3) is 2.28. The molecule has 0 radical (unpaired) electrons. The van der Waals surface area contributed by atoms with E-state index < -0.39 is 17.4 Å². The van der Waals surface area contributed by atoms with Crippen LogP contribution in [0.4, 0.5) is 0 Å². The van der Waals surface area contributed by atoms with Gasteiger partial charge in [-0.2, -0.15) is 0 Å². The minimum Gasteiger partial charge on any atom is -0.475 e. The fraction of sp³-hybridized carbons (Fsp3) is 0.333. The van der Waals surface area contributed by atoms with Gasteiger partial charge in [-0.05, 0) is 18.4 Å². The Labute approximate surface area is 92.5 Å². The van der Waals surface area contributed by atoms with Crippen molar-refractivity contribution in [3.05, 3.63) is 35.4 Å². The molecule has 0 bridgehead atoms. The van der Waals surface area contributed by atoms with Gasteiger partial charge >= 0.3 is 5.97 Å². The van der Waals surface area contributed by atoms with Crippen LogP contribution in [0.3, 0.4) is 0 Å². The SMILES string of the molecule is O=C(O)C(=O)c1ccc(CC2(O)CC2)cc1. The monoisotopic (exact) mass is 220 g/mol. The summed E-state index contributed by atoms with van der Waals surface area (Å²) < 4.78 is 0. The van der Waals surface area contributed by atoms with Crippen LogP contribution in [0.15, 0.2) is 24.3 Å². The van der Waals surface area contributed by atoms with Crippen LogP contribution in [0.25, 0.3) is 0 Å². The van der Waals surface area contributed by atoms with Gasteiger partial charge in [0.2, 0.25) is 0 Å². The number of carboxylic acid groups (broad SMARTS) is 1. The molecular weight excluding hydrogens is 208 g/mol. The fourth-order valence-corrected chi connectivity index (χ4v) is 1.60. The van der Waals surface area contributed by atoms with Crippen LogP contribution in [0.5, 0.6) is 0 Å². The first-order chi connectivity index (χ1) is 7.50. The first-order valence-electron chi connectivity index (χ1n) is 5.09. The summed E-state index contributed by atoms with van der Waals surface area (Å²) in [5.74, 6) is -2.36. The summed E-state index contributed by atoms with van der Waals surface area (Å²) in [6.45, 7) is 0. The van der Waals surface area contributed by atoms with Gasteiger partial charge in [0.05, 0.1) is 5.60 Å². The van der Waals surface area contributed by atoms with Crippen molar-refractivity contribution in [3.8, 4) is 0 Å². The quantitative estimate of drug-likeness (QED) is 0.587. The smallest absolute Gasteiger partial charge is 0.377 e. The van der Waals surface area contributed by atoms with Gasteiger partial charge in [-0.3, -0.25) is 4.79 Å². The maximum Gasteiger partial charge on any atom is 0.377 e. The van der Waals surface area contributed by atoms with Gasteiger partial charge in [0.25, 0.3) is 5.78 Å². The predicted molar refractivity (Wildman–Crippen MR) is 56.3 cm³/mol. The largest absolute Gasteiger partial charge is 0.475 e. The Morgan fingerprint density at radius 1 is 1.19 bits per heavy atom. The molecule has 2 N–H and O–H groups in total. The van der Waals surface area contributed by atoms with E-state index in [2.05, 4.69) is 0 Å². The molecule has 0 atom stereocenters. The van der Waals surface area contributed by atoms with E-state index >= 15 is 0 Å². The van der Waals surface area contributed by atoms with Crippen LogP contribution in [-0.2, 0) is 11.2 Å². The summed E-state index contributed by atoms with van der Waals surface area (Å²) in [5, 5.41) is 18.2. The van der Waals surface area contributed by atoms with Crippen molar-refractivity contribution in [2.45, 2.75) is 24.9 Å². The number of carbonyl (C=O) groups excluding carboxylic acids is 1. The average molecular weight is 220 g/mol. The van der Waals surface area contributed by atoms with Crippen molar-refractivity contribution in [2.75, 3.05) is 0 Å². The summed E-state index contributed by atoms with van der Waals surface area (Å²) in [7, 11) is 0. The molecule has 0 aliphatic heterocycles. The number of ketones is 1. The molecule has 0 aromatic heterocycles. The molecule has 2 rings (SSSR count). The molecule has 1 aromatic rings. The summed E-state index contributed by atoms with van der Waals surface area (Å²) in [4.78, 5) is 21.5. The van der Waals surface area contributed by atoms with Gasteiger partial charge in [0.1, 0.15) is 0 Å². The number of hydrogen-bond acceptors (Lipinski definition) is 3. The van der Waals surface area contributed by atoms with Gasteiger partial charge in [-0.15, -0.1) is 0 Å². The zero-order valence-corrected chi connectivity index (χ0v) is 8.64. The van der Waals surface area contributed by atoms with Crippen LogP contribution in [0.2, 0.25) is 0 Å². The highest BCUT2D eigenvalue weighted by Crippen LogP contribution is 2.38. The van der Waals surface area contributed by atoms with E-state index in [4.69, 9.17) is 5.11 Å². The van der Waals surface area contributed by atoms with Gasteiger partial charge in [0, 0.05) is 12.0 Å². The molecule has 1 aromatic carbocycles. The zero-order chi connectivity index (χ0) is 11.8. The van der Waals surface area contributed by atoms with E-state index in [-0.39, 0.29) is 5.56 Å². The Kier molecular flexibility index (Phi) is 2.52. The molecule has 1 aliphatic rings. The third-order valence-corrected chi connectivity index (χ3v) is 2.77. The highest BCUT2D eigenvalue weighted by molar-refractivity contribution is 6.39. The number of Topliss-reactive ketones (excluding diaryl/α,β-unsaturated/α-hetero) is 1. The fourth-order valence-electron chi connectivity index (χ4n) is 1.60. The number of carboxylic acids is 1. The number of aliphatic hydroxyl groups is 1. The molecule has 0 saturated heterocycles. The standard InChI is InChI=1S/C12H12O4/c13-10(11(14)15)9-3-1-8(2-4-9)7-12(16)5-6-12/h1-4,16H,5-7H2,(H,14,15). The molecule has 0 heterocycles. The van der Waals surface area contributed by atoms with E-state index in [0.717, 1.165) is 18.4 Å². The van der Waals surface area contributed by atoms with Crippen molar-refractivity contribution in [1.82, 2.24) is 0 Å². The Morgan fingerprint density at radius 2 is 1.75 bits per heavy atom. The Bertz CT molecular complexity index is 429. The highest BCUT2D eigenvalue weighted by atomic mass is 16.4. The molecule has 4 heteroatoms. The summed E-state index contributed by atoms with van der Waals surface area (Å²) in [5.41, 5.74) is 0.513. The normalized spacial score (nSPS) is 16.8. The number of aliphatic carboxylic acids is 1. The first kappa shape index (κ1) is 10.8. The molecule has 0 amide bonds. The second-order valence-corrected chi connectivity index (χ2v) is 4.23. The molecule has 4 nitrogen and oxygen atoms in total. The number of hydrogen-bond donors (Lipinski definition) is 2. The van der Waals surface area contributed by atoms with Gasteiger partial charge in [-0.1, -0.05) is 24.3 Å². The molecule has 1 aliphatic carbocycles. The van der Waals surface area contributed by atoms with Crippen LogP contribution >= 0.6 is 0 Å². The second-order valence-electron chi connectivity index (χ2n) is 4.23. The van der Waals surface area contributed by atoms with Crippen LogP contribution in [0.1, 0.15) is 28.8 Å². The summed E-state index contributed by atoms with van der Waals surface area (Å²) in [6, 6.07) is 6.34. The molecule has 16 heavy (non-hydrogen) atoms. The maximum atomic E-state index is 11.1. The lowest BCUT2D eigenvalue weighted by Crippen LogP contribution is -2.13. The lowest BCUT2D eigenvalue weighted by molar-refractivity contribution is -0.131. The van der Waals surface area contributed by atoms with E-state index in [1.807, 2.05) is 0 Å². The van der Waals surface area contributed by atoms with Gasteiger partial charge in [-0.25, -0.2) is 4.79 Å². The molecule has 0 unspecified atom stereocenters. The number of rotatable bonds is 4. The Balaban J connectivity index is 2.10. The van der Waals surface area contributed by atoms with Crippen molar-refractivity contribution in [2.24, 2.45) is 0 Å². The molecule has 0 spiro atoms. The number of carbonyl (C=O) groups is 2. The predicted octanol–water partition coefficient (Wildman–Crippen LogP) is 1.02. The van der Waals surface area contributed by atoms with E-state index in [1.54, 1.807) is 12.1 Å². The Morgan fingerprint density at radius 3 is 2.19 bits per heavy atom. The third-order valence-electron chi connectivity index (χ3n) is 2.77. The van der Waals surface area contributed by atoms with E-state index in [1.165, 1.54) is 12.1 Å². The summed E-state index contributed by atoms with van der Waals surface area (Å²) >= 11 is 0. The van der Waals surface area contributed by atoms with Crippen LogP contribution in [0, 0.1) is 0 Å². The zero-order valence-electron chi connectivity index (χ0n) is 8.64. The molecule has 1 fully saturated rings. The van der Waals surface area contributed by atoms with Crippen molar-refractivity contribution in [3.63, 3.8) is 0 Å². The lowest BCUT2D eigenvalue weighted by atomic mass is 10.0. The second kappa shape index (κ2) is 3.72. The van der Waals surface area contributed by atoms with Gasteiger partial charge < -0.3 is 10.2 Å². The van der Waals surface area contributed by atoms with E-state index in [9.17, 15) is 14.7 Å². The van der Waals surface area contributed by atoms with Crippen LogP contribution < -0.4 is 0 Å². The van der Waals surface area contributed by atoms with Crippen LogP contribution in [-0.4, -0.2) is 27.6 Å².